The number of phosphoric acid groups is 1. The lowest BCUT2D eigenvalue weighted by Crippen LogP contribution is -2.03. The highest BCUT2D eigenvalue weighted by Gasteiger charge is 2.27. The molecule has 0 amide bonds. The summed E-state index contributed by atoms with van der Waals surface area (Å²) in [5.41, 5.74) is -0.488. The van der Waals surface area contributed by atoms with Crippen LogP contribution in [-0.4, -0.2) is 19.8 Å². The summed E-state index contributed by atoms with van der Waals surface area (Å²) in [6, 6.07) is 0. The topological polar surface area (TPSA) is 68.9 Å². The molecule has 1 unspecified atom stereocenters. The van der Waals surface area contributed by atoms with Crippen molar-refractivity contribution in [3.8, 4) is 5.75 Å². The third-order valence-corrected chi connectivity index (χ3v) is 2.54. The standard InChI is InChI=1S/C7H9BFO5P/c1-3-4-6(5(9)7(8)13-4)14-15(10,11)12-2/h3H2,1-2H3,(H,10,11). The zero-order chi connectivity index (χ0) is 11.6. The van der Waals surface area contributed by atoms with E-state index in [0.717, 1.165) is 7.11 Å². The normalized spacial score (nSPS) is 14.9. The molecule has 0 saturated carbocycles. The van der Waals surface area contributed by atoms with Gasteiger partial charge in [0.05, 0.1) is 5.66 Å². The van der Waals surface area contributed by atoms with Crippen LogP contribution in [0.5, 0.6) is 5.75 Å². The molecule has 8 heteroatoms. The van der Waals surface area contributed by atoms with Crippen molar-refractivity contribution in [1.82, 2.24) is 0 Å². The molecule has 0 aliphatic carbocycles. The lowest BCUT2D eigenvalue weighted by atomic mass is 10.1. The molecule has 0 saturated heterocycles. The Kier molecular flexibility index (Phi) is 3.60. The van der Waals surface area contributed by atoms with Crippen LogP contribution in [0.3, 0.4) is 0 Å². The molecule has 0 bridgehead atoms. The van der Waals surface area contributed by atoms with E-state index in [4.69, 9.17) is 17.2 Å². The summed E-state index contributed by atoms with van der Waals surface area (Å²) in [4.78, 5) is 8.99. The highest BCUT2D eigenvalue weighted by molar-refractivity contribution is 7.47. The first-order valence-electron chi connectivity index (χ1n) is 4.06. The Balaban J connectivity index is 3.08. The van der Waals surface area contributed by atoms with Crippen molar-refractivity contribution in [2.24, 2.45) is 0 Å². The lowest BCUT2D eigenvalue weighted by Gasteiger charge is -2.09. The van der Waals surface area contributed by atoms with Crippen LogP contribution in [0, 0.1) is 5.82 Å². The Morgan fingerprint density at radius 1 is 1.67 bits per heavy atom. The minimum atomic E-state index is -4.30. The monoisotopic (exact) mass is 234 g/mol. The highest BCUT2D eigenvalue weighted by Crippen LogP contribution is 2.44. The summed E-state index contributed by atoms with van der Waals surface area (Å²) in [5, 5.41) is 0. The molecule has 1 heterocycles. The summed E-state index contributed by atoms with van der Waals surface area (Å²) in [7, 11) is 1.80. The second-order valence-corrected chi connectivity index (χ2v) is 4.11. The predicted molar refractivity (Wildman–Crippen MR) is 50.9 cm³/mol. The SMILES string of the molecule is [B]c1oc(CC)c(OP(=O)(O)OC)c1F. The zero-order valence-corrected chi connectivity index (χ0v) is 9.08. The van der Waals surface area contributed by atoms with Gasteiger partial charge >= 0.3 is 7.82 Å². The maximum Gasteiger partial charge on any atom is 0.527 e. The predicted octanol–water partition coefficient (Wildman–Crippen LogP) is 0.900. The first kappa shape index (κ1) is 12.3. The molecular weight excluding hydrogens is 225 g/mol. The number of aryl methyl sites for hydroxylation is 1. The van der Waals surface area contributed by atoms with Crippen molar-refractivity contribution < 1.29 is 27.3 Å². The molecule has 0 fully saturated rings. The van der Waals surface area contributed by atoms with Crippen molar-refractivity contribution in [3.63, 3.8) is 0 Å². The second kappa shape index (κ2) is 4.39. The smallest absolute Gasteiger partial charge is 0.471 e. The van der Waals surface area contributed by atoms with E-state index in [-0.39, 0.29) is 12.2 Å². The van der Waals surface area contributed by atoms with Gasteiger partial charge in [0.1, 0.15) is 5.76 Å². The Morgan fingerprint density at radius 2 is 2.27 bits per heavy atom. The van der Waals surface area contributed by atoms with Gasteiger partial charge in [-0.25, -0.2) is 8.96 Å². The fraction of sp³-hybridized carbons (Fsp3) is 0.429. The molecule has 0 spiro atoms. The van der Waals surface area contributed by atoms with Crippen molar-refractivity contribution in [2.45, 2.75) is 13.3 Å². The van der Waals surface area contributed by atoms with Gasteiger partial charge in [0, 0.05) is 13.5 Å². The van der Waals surface area contributed by atoms with Crippen LogP contribution in [0.15, 0.2) is 4.42 Å². The van der Waals surface area contributed by atoms with E-state index in [1.54, 1.807) is 6.92 Å². The molecule has 0 aromatic carbocycles. The van der Waals surface area contributed by atoms with Gasteiger partial charge in [-0.2, -0.15) is 0 Å². The zero-order valence-electron chi connectivity index (χ0n) is 8.19. The first-order chi connectivity index (χ1) is 6.91. The van der Waals surface area contributed by atoms with Crippen molar-refractivity contribution in [2.75, 3.05) is 7.11 Å². The van der Waals surface area contributed by atoms with E-state index in [9.17, 15) is 8.96 Å². The van der Waals surface area contributed by atoms with Gasteiger partial charge in [-0.3, -0.25) is 9.42 Å². The summed E-state index contributed by atoms with van der Waals surface area (Å²) >= 11 is 0. The van der Waals surface area contributed by atoms with Crippen molar-refractivity contribution >= 4 is 21.3 Å². The van der Waals surface area contributed by atoms with E-state index < -0.39 is 25.0 Å². The van der Waals surface area contributed by atoms with Crippen LogP contribution in [-0.2, 0) is 15.5 Å². The molecule has 2 radical (unpaired) electrons. The number of furan rings is 1. The Morgan fingerprint density at radius 3 is 2.73 bits per heavy atom. The largest absolute Gasteiger partial charge is 0.527 e. The van der Waals surface area contributed by atoms with Crippen LogP contribution in [0.1, 0.15) is 12.7 Å². The third kappa shape index (κ3) is 2.62. The van der Waals surface area contributed by atoms with Crippen LogP contribution in [0.4, 0.5) is 4.39 Å². The molecule has 0 aliphatic heterocycles. The van der Waals surface area contributed by atoms with Crippen LogP contribution in [0.25, 0.3) is 0 Å². The lowest BCUT2D eigenvalue weighted by molar-refractivity contribution is 0.238. The second-order valence-electron chi connectivity index (χ2n) is 2.63. The molecule has 1 aromatic heterocycles. The molecule has 82 valence electrons. The van der Waals surface area contributed by atoms with Gasteiger partial charge in [0.2, 0.25) is 5.75 Å². The molecule has 1 aromatic rings. The summed E-state index contributed by atoms with van der Waals surface area (Å²) in [6.07, 6.45) is 0.271. The van der Waals surface area contributed by atoms with Crippen molar-refractivity contribution in [1.29, 1.82) is 0 Å². The quantitative estimate of drug-likeness (QED) is 0.619. The first-order valence-corrected chi connectivity index (χ1v) is 5.55. The third-order valence-electron chi connectivity index (χ3n) is 1.66. The molecule has 1 rings (SSSR count). The maximum atomic E-state index is 13.2. The fourth-order valence-corrected chi connectivity index (χ4v) is 1.42. The number of halogens is 1. The molecule has 1 atom stereocenters. The average molecular weight is 234 g/mol. The molecular formula is C7H9BFO5P. The van der Waals surface area contributed by atoms with Gasteiger partial charge in [0.25, 0.3) is 0 Å². The minimum absolute atomic E-state index is 0.0522. The number of phosphoric ester groups is 1. The van der Waals surface area contributed by atoms with E-state index in [0.29, 0.717) is 0 Å². The van der Waals surface area contributed by atoms with Gasteiger partial charge in [-0.1, -0.05) is 6.92 Å². The van der Waals surface area contributed by atoms with Gasteiger partial charge in [-0.15, -0.1) is 0 Å². The van der Waals surface area contributed by atoms with Gasteiger partial charge in [-0.05, 0) is 0 Å². The molecule has 5 nitrogen and oxygen atoms in total. The Labute approximate surface area is 87.2 Å². The van der Waals surface area contributed by atoms with Crippen LogP contribution in [0.2, 0.25) is 0 Å². The Hall–Kier alpha value is -0.775. The minimum Gasteiger partial charge on any atom is -0.471 e. The van der Waals surface area contributed by atoms with Crippen LogP contribution >= 0.6 is 7.82 Å². The molecule has 15 heavy (non-hydrogen) atoms. The van der Waals surface area contributed by atoms with E-state index >= 15 is 0 Å². The van der Waals surface area contributed by atoms with Crippen molar-refractivity contribution in [3.05, 3.63) is 11.6 Å². The number of hydrogen-bond donors (Lipinski definition) is 1. The molecule has 0 aliphatic rings. The van der Waals surface area contributed by atoms with Gasteiger partial charge < -0.3 is 8.94 Å². The molecule has 1 N–H and O–H groups in total. The van der Waals surface area contributed by atoms with E-state index in [1.165, 1.54) is 0 Å². The van der Waals surface area contributed by atoms with E-state index in [1.807, 2.05) is 0 Å². The van der Waals surface area contributed by atoms with Crippen LogP contribution < -0.4 is 10.2 Å². The van der Waals surface area contributed by atoms with E-state index in [2.05, 4.69) is 9.05 Å². The summed E-state index contributed by atoms with van der Waals surface area (Å²) in [5.74, 6) is -1.43. The number of hydrogen-bond acceptors (Lipinski definition) is 4. The highest BCUT2D eigenvalue weighted by atomic mass is 31.2. The number of rotatable bonds is 4. The average Bonchev–Trinajstić information content (AvgIpc) is 2.45. The Bertz CT molecular complexity index is 404. The van der Waals surface area contributed by atoms with Gasteiger partial charge in [0.15, 0.2) is 13.7 Å². The summed E-state index contributed by atoms with van der Waals surface area (Å²) < 4.78 is 37.7. The fourth-order valence-electron chi connectivity index (χ4n) is 0.935. The summed E-state index contributed by atoms with van der Waals surface area (Å²) in [6.45, 7) is 1.65. The maximum absolute atomic E-state index is 13.2.